The van der Waals surface area contributed by atoms with E-state index in [2.05, 4.69) is 0 Å². The van der Waals surface area contributed by atoms with E-state index in [4.69, 9.17) is 9.47 Å². The SMILES string of the molecule is COc1ccc(OC)c(C(=O)CC2CCC2)c1. The molecule has 3 heteroatoms. The van der Waals surface area contributed by atoms with Gasteiger partial charge in [0.25, 0.3) is 0 Å². The Labute approximate surface area is 102 Å². The van der Waals surface area contributed by atoms with Crippen molar-refractivity contribution in [1.29, 1.82) is 0 Å². The minimum atomic E-state index is 0.158. The van der Waals surface area contributed by atoms with Gasteiger partial charge in [-0.05, 0) is 24.1 Å². The second kappa shape index (κ2) is 5.21. The molecular weight excluding hydrogens is 216 g/mol. The highest BCUT2D eigenvalue weighted by Gasteiger charge is 2.23. The van der Waals surface area contributed by atoms with E-state index in [1.807, 2.05) is 0 Å². The Morgan fingerprint density at radius 1 is 1.29 bits per heavy atom. The van der Waals surface area contributed by atoms with Crippen LogP contribution in [0.25, 0.3) is 0 Å². The van der Waals surface area contributed by atoms with Crippen LogP contribution in [0.5, 0.6) is 11.5 Å². The van der Waals surface area contributed by atoms with E-state index < -0.39 is 0 Å². The molecule has 0 unspecified atom stereocenters. The van der Waals surface area contributed by atoms with Crippen LogP contribution in [0, 0.1) is 5.92 Å². The van der Waals surface area contributed by atoms with Gasteiger partial charge in [0.15, 0.2) is 5.78 Å². The third kappa shape index (κ3) is 2.60. The van der Waals surface area contributed by atoms with Crippen LogP contribution in [0.2, 0.25) is 0 Å². The first-order valence-corrected chi connectivity index (χ1v) is 6.00. The second-order valence-corrected chi connectivity index (χ2v) is 4.49. The number of ketones is 1. The van der Waals surface area contributed by atoms with E-state index in [9.17, 15) is 4.79 Å². The monoisotopic (exact) mass is 234 g/mol. The lowest BCUT2D eigenvalue weighted by molar-refractivity contribution is 0.0933. The standard InChI is InChI=1S/C14H18O3/c1-16-11-6-7-14(17-2)12(9-11)13(15)8-10-4-3-5-10/h6-7,9-10H,3-5,8H2,1-2H3. The molecule has 0 bridgehead atoms. The molecule has 0 aromatic heterocycles. The predicted molar refractivity (Wildman–Crippen MR) is 65.8 cm³/mol. The number of ether oxygens (including phenoxy) is 2. The fourth-order valence-corrected chi connectivity index (χ4v) is 2.10. The van der Waals surface area contributed by atoms with E-state index in [0.29, 0.717) is 29.4 Å². The van der Waals surface area contributed by atoms with Crippen LogP contribution in [-0.4, -0.2) is 20.0 Å². The molecule has 92 valence electrons. The highest BCUT2D eigenvalue weighted by Crippen LogP contribution is 2.33. The van der Waals surface area contributed by atoms with Crippen molar-refractivity contribution < 1.29 is 14.3 Å². The molecule has 2 rings (SSSR count). The Hall–Kier alpha value is -1.51. The molecule has 17 heavy (non-hydrogen) atoms. The summed E-state index contributed by atoms with van der Waals surface area (Å²) in [7, 11) is 3.18. The third-order valence-electron chi connectivity index (χ3n) is 3.41. The van der Waals surface area contributed by atoms with Gasteiger partial charge in [0.1, 0.15) is 11.5 Å². The summed E-state index contributed by atoms with van der Waals surface area (Å²) >= 11 is 0. The lowest BCUT2D eigenvalue weighted by Gasteiger charge is -2.24. The van der Waals surface area contributed by atoms with Crippen molar-refractivity contribution in [3.63, 3.8) is 0 Å². The molecule has 1 aromatic rings. The maximum Gasteiger partial charge on any atom is 0.167 e. The predicted octanol–water partition coefficient (Wildman–Crippen LogP) is 3.08. The van der Waals surface area contributed by atoms with Gasteiger partial charge in [-0.3, -0.25) is 4.79 Å². The van der Waals surface area contributed by atoms with Gasteiger partial charge in [-0.2, -0.15) is 0 Å². The van der Waals surface area contributed by atoms with Gasteiger partial charge in [0, 0.05) is 6.42 Å². The minimum Gasteiger partial charge on any atom is -0.497 e. The Kier molecular flexibility index (Phi) is 3.67. The Balaban J connectivity index is 2.18. The topological polar surface area (TPSA) is 35.5 Å². The molecule has 1 saturated carbocycles. The Bertz CT molecular complexity index is 408. The summed E-state index contributed by atoms with van der Waals surface area (Å²) in [6, 6.07) is 5.35. The number of hydrogen-bond donors (Lipinski definition) is 0. The molecule has 0 spiro atoms. The van der Waals surface area contributed by atoms with Crippen LogP contribution in [0.4, 0.5) is 0 Å². The maximum atomic E-state index is 12.2. The van der Waals surface area contributed by atoms with Crippen LogP contribution < -0.4 is 9.47 Å². The maximum absolute atomic E-state index is 12.2. The molecule has 1 aliphatic rings. The molecule has 0 heterocycles. The Morgan fingerprint density at radius 2 is 2.06 bits per heavy atom. The van der Waals surface area contributed by atoms with Gasteiger partial charge in [-0.1, -0.05) is 19.3 Å². The molecule has 0 aliphatic heterocycles. The van der Waals surface area contributed by atoms with Crippen LogP contribution in [-0.2, 0) is 0 Å². The van der Waals surface area contributed by atoms with Crippen molar-refractivity contribution in [3.05, 3.63) is 23.8 Å². The smallest absolute Gasteiger partial charge is 0.167 e. The van der Waals surface area contributed by atoms with E-state index in [1.165, 1.54) is 19.3 Å². The van der Waals surface area contributed by atoms with Crippen LogP contribution in [0.3, 0.4) is 0 Å². The van der Waals surface area contributed by atoms with Crippen molar-refractivity contribution in [2.24, 2.45) is 5.92 Å². The zero-order valence-electron chi connectivity index (χ0n) is 10.4. The van der Waals surface area contributed by atoms with E-state index in [0.717, 1.165) is 0 Å². The van der Waals surface area contributed by atoms with Crippen molar-refractivity contribution in [1.82, 2.24) is 0 Å². The lowest BCUT2D eigenvalue weighted by atomic mass is 9.81. The molecule has 0 atom stereocenters. The Morgan fingerprint density at radius 3 is 2.59 bits per heavy atom. The highest BCUT2D eigenvalue weighted by molar-refractivity contribution is 5.99. The number of carbonyl (C=O) groups is 1. The van der Waals surface area contributed by atoms with E-state index in [1.54, 1.807) is 32.4 Å². The first-order valence-electron chi connectivity index (χ1n) is 6.00. The summed E-state index contributed by atoms with van der Waals surface area (Å²) in [5, 5.41) is 0. The number of carbonyl (C=O) groups excluding carboxylic acids is 1. The fourth-order valence-electron chi connectivity index (χ4n) is 2.10. The molecule has 1 fully saturated rings. The average molecular weight is 234 g/mol. The summed E-state index contributed by atoms with van der Waals surface area (Å²) < 4.78 is 10.4. The van der Waals surface area contributed by atoms with Gasteiger partial charge in [0.2, 0.25) is 0 Å². The van der Waals surface area contributed by atoms with Gasteiger partial charge < -0.3 is 9.47 Å². The van der Waals surface area contributed by atoms with E-state index >= 15 is 0 Å². The van der Waals surface area contributed by atoms with Crippen LogP contribution in [0.1, 0.15) is 36.0 Å². The molecule has 1 aromatic carbocycles. The van der Waals surface area contributed by atoms with Crippen molar-refractivity contribution in [2.45, 2.75) is 25.7 Å². The van der Waals surface area contributed by atoms with Crippen molar-refractivity contribution >= 4 is 5.78 Å². The molecule has 0 N–H and O–H groups in total. The van der Waals surface area contributed by atoms with E-state index in [-0.39, 0.29) is 5.78 Å². The summed E-state index contributed by atoms with van der Waals surface area (Å²) in [6.45, 7) is 0. The molecule has 0 radical (unpaired) electrons. The average Bonchev–Trinajstić information content (AvgIpc) is 2.32. The number of methoxy groups -OCH3 is 2. The number of rotatable bonds is 5. The van der Waals surface area contributed by atoms with Crippen molar-refractivity contribution in [3.8, 4) is 11.5 Å². The summed E-state index contributed by atoms with van der Waals surface area (Å²) in [6.07, 6.45) is 4.24. The highest BCUT2D eigenvalue weighted by atomic mass is 16.5. The largest absolute Gasteiger partial charge is 0.497 e. The lowest BCUT2D eigenvalue weighted by Crippen LogP contribution is -2.16. The van der Waals surface area contributed by atoms with Gasteiger partial charge >= 0.3 is 0 Å². The first-order chi connectivity index (χ1) is 8.24. The fraction of sp³-hybridized carbons (Fsp3) is 0.500. The minimum absolute atomic E-state index is 0.158. The zero-order valence-corrected chi connectivity index (χ0v) is 10.4. The first kappa shape index (κ1) is 12.0. The molecule has 1 aliphatic carbocycles. The van der Waals surface area contributed by atoms with Gasteiger partial charge in [-0.15, -0.1) is 0 Å². The summed E-state index contributed by atoms with van der Waals surface area (Å²) in [5.74, 6) is 2.06. The number of Topliss-reactive ketones (excluding diaryl/α,β-unsaturated/α-hetero) is 1. The molecule has 3 nitrogen and oxygen atoms in total. The summed E-state index contributed by atoms with van der Waals surface area (Å²) in [5.41, 5.74) is 0.638. The molecular formula is C14H18O3. The number of benzene rings is 1. The normalized spacial score (nSPS) is 15.2. The molecule has 0 saturated heterocycles. The zero-order chi connectivity index (χ0) is 12.3. The second-order valence-electron chi connectivity index (χ2n) is 4.49. The van der Waals surface area contributed by atoms with Crippen molar-refractivity contribution in [2.75, 3.05) is 14.2 Å². The van der Waals surface area contributed by atoms with Gasteiger partial charge in [0.05, 0.1) is 19.8 Å². The van der Waals surface area contributed by atoms with Crippen LogP contribution in [0.15, 0.2) is 18.2 Å². The number of hydrogen-bond acceptors (Lipinski definition) is 3. The molecule has 0 amide bonds. The quantitative estimate of drug-likeness (QED) is 0.734. The van der Waals surface area contributed by atoms with Gasteiger partial charge in [-0.25, -0.2) is 0 Å². The summed E-state index contributed by atoms with van der Waals surface area (Å²) in [4.78, 5) is 12.2. The van der Waals surface area contributed by atoms with Crippen LogP contribution >= 0.6 is 0 Å². The third-order valence-corrected chi connectivity index (χ3v) is 3.41.